The molecule has 6 rings (SSSR count). The van der Waals surface area contributed by atoms with Crippen molar-refractivity contribution in [2.75, 3.05) is 0 Å². The molecule has 4 aliphatic carbocycles. The molecular weight excluding hydrogens is 306 g/mol. The second-order valence-electron chi connectivity index (χ2n) is 8.47. The zero-order valence-electron chi connectivity index (χ0n) is 13.6. The van der Waals surface area contributed by atoms with E-state index in [1.807, 2.05) is 0 Å². The predicted octanol–water partition coefficient (Wildman–Crippen LogP) is 2.32. The van der Waals surface area contributed by atoms with Crippen LogP contribution < -0.4 is 5.23 Å². The van der Waals surface area contributed by atoms with Crippen LogP contribution in [0.25, 0.3) is 0 Å². The molecule has 0 spiro atoms. The Balaban J connectivity index is 1.32. The number of ether oxygens (including phenoxy) is 1. The van der Waals surface area contributed by atoms with Gasteiger partial charge in [0.15, 0.2) is 11.5 Å². The highest BCUT2D eigenvalue weighted by atomic mass is 16.8. The minimum absolute atomic E-state index is 0.116. The van der Waals surface area contributed by atoms with E-state index in [2.05, 4.69) is 0 Å². The number of carbonyl (C=O) groups is 1. The van der Waals surface area contributed by atoms with Crippen LogP contribution in [0, 0.1) is 28.4 Å². The summed E-state index contributed by atoms with van der Waals surface area (Å²) >= 11 is 0. The second kappa shape index (κ2) is 5.11. The van der Waals surface area contributed by atoms with Gasteiger partial charge < -0.3 is 9.94 Å². The second-order valence-corrected chi connectivity index (χ2v) is 8.47. The number of hydrogen-bond donors (Lipinski definition) is 2. The molecule has 1 heterocycles. The summed E-state index contributed by atoms with van der Waals surface area (Å²) in [6, 6.07) is 6.74. The molecule has 5 fully saturated rings. The van der Waals surface area contributed by atoms with Gasteiger partial charge in [-0.2, -0.15) is 5.23 Å². The molecule has 1 aromatic carbocycles. The monoisotopic (exact) mass is 329 g/mol. The van der Waals surface area contributed by atoms with Gasteiger partial charge in [-0.1, -0.05) is 12.1 Å². The Hall–Kier alpha value is -1.27. The van der Waals surface area contributed by atoms with E-state index >= 15 is 0 Å². The molecule has 1 saturated heterocycles. The fraction of sp³-hybridized carbons (Fsp3) is 0.632. The van der Waals surface area contributed by atoms with Gasteiger partial charge in [0.1, 0.15) is 12.2 Å². The number of ketones is 1. The highest BCUT2D eigenvalue weighted by molar-refractivity contribution is 5.92. The largest absolute Gasteiger partial charge is 0.595 e. The molecule has 0 amide bonds. The SMILES string of the molecule is O=C(C1OC1c1ccc([NH+]([O-])O)cc1)C12CC3CC(CC(C3)C1)C2. The van der Waals surface area contributed by atoms with E-state index in [9.17, 15) is 10.0 Å². The van der Waals surface area contributed by atoms with E-state index in [1.54, 1.807) is 24.3 Å². The van der Waals surface area contributed by atoms with Crippen molar-refractivity contribution >= 4 is 11.5 Å². The first-order valence-electron chi connectivity index (χ1n) is 9.07. The third-order valence-electron chi connectivity index (χ3n) is 6.80. The molecule has 4 bridgehead atoms. The van der Waals surface area contributed by atoms with Crippen molar-refractivity contribution in [3.63, 3.8) is 0 Å². The van der Waals surface area contributed by atoms with Crippen LogP contribution in [0.2, 0.25) is 0 Å². The Morgan fingerprint density at radius 2 is 1.62 bits per heavy atom. The van der Waals surface area contributed by atoms with Crippen molar-refractivity contribution < 1.29 is 20.0 Å². The summed E-state index contributed by atoms with van der Waals surface area (Å²) in [4.78, 5) is 13.2. The summed E-state index contributed by atoms with van der Waals surface area (Å²) in [5.41, 5.74) is 1.07. The average molecular weight is 329 g/mol. The molecule has 128 valence electrons. The van der Waals surface area contributed by atoms with Gasteiger partial charge in [-0.15, -0.1) is 0 Å². The molecule has 4 saturated carbocycles. The Morgan fingerprint density at radius 3 is 2.12 bits per heavy atom. The number of Topliss-reactive ketones (excluding diaryl/α,β-unsaturated/α-hetero) is 1. The van der Waals surface area contributed by atoms with Gasteiger partial charge in [0.25, 0.3) is 0 Å². The van der Waals surface area contributed by atoms with Gasteiger partial charge >= 0.3 is 0 Å². The van der Waals surface area contributed by atoms with Crippen molar-refractivity contribution in [1.82, 2.24) is 0 Å². The molecule has 5 aliphatic rings. The third-order valence-corrected chi connectivity index (χ3v) is 6.80. The summed E-state index contributed by atoms with van der Waals surface area (Å²) in [6.07, 6.45) is 6.73. The van der Waals surface area contributed by atoms with Gasteiger partial charge in [0, 0.05) is 17.5 Å². The Kier molecular flexibility index (Phi) is 3.20. The molecule has 5 heteroatoms. The molecule has 2 N–H and O–H groups in total. The van der Waals surface area contributed by atoms with E-state index < -0.39 is 5.23 Å². The summed E-state index contributed by atoms with van der Waals surface area (Å²) < 4.78 is 5.76. The number of epoxide rings is 1. The number of rotatable bonds is 4. The minimum Gasteiger partial charge on any atom is -0.595 e. The normalized spacial score (nSPS) is 43.7. The lowest BCUT2D eigenvalue weighted by atomic mass is 9.48. The maximum absolute atomic E-state index is 13.2. The molecule has 0 aromatic heterocycles. The maximum Gasteiger partial charge on any atom is 0.170 e. The lowest BCUT2D eigenvalue weighted by molar-refractivity contribution is -0.991. The van der Waals surface area contributed by atoms with Gasteiger partial charge in [0.2, 0.25) is 0 Å². The van der Waals surface area contributed by atoms with Crippen LogP contribution in [-0.4, -0.2) is 17.1 Å². The van der Waals surface area contributed by atoms with E-state index in [0.717, 1.165) is 42.6 Å². The Morgan fingerprint density at radius 1 is 1.08 bits per heavy atom. The molecule has 5 nitrogen and oxygen atoms in total. The van der Waals surface area contributed by atoms with Crippen LogP contribution in [0.3, 0.4) is 0 Å². The molecular formula is C19H23NO4. The summed E-state index contributed by atoms with van der Waals surface area (Å²) in [6.45, 7) is 0. The zero-order valence-corrected chi connectivity index (χ0v) is 13.6. The van der Waals surface area contributed by atoms with E-state index in [1.165, 1.54) is 19.3 Å². The van der Waals surface area contributed by atoms with Gasteiger partial charge in [-0.3, -0.25) is 4.79 Å². The van der Waals surface area contributed by atoms with Crippen LogP contribution in [0.5, 0.6) is 0 Å². The van der Waals surface area contributed by atoms with Gasteiger partial charge in [-0.25, -0.2) is 5.21 Å². The highest BCUT2D eigenvalue weighted by Crippen LogP contribution is 2.62. The summed E-state index contributed by atoms with van der Waals surface area (Å²) in [5, 5.41) is 19.0. The number of nitrogens with one attached hydrogen (secondary N) is 1. The average Bonchev–Trinajstić information content (AvgIpc) is 3.33. The van der Waals surface area contributed by atoms with E-state index in [0.29, 0.717) is 5.78 Å². The van der Waals surface area contributed by atoms with Crippen molar-refractivity contribution in [3.8, 4) is 0 Å². The van der Waals surface area contributed by atoms with Crippen LogP contribution in [0.15, 0.2) is 24.3 Å². The smallest absolute Gasteiger partial charge is 0.170 e. The first-order chi connectivity index (χ1) is 11.5. The van der Waals surface area contributed by atoms with Crippen molar-refractivity contribution in [2.45, 2.75) is 50.7 Å². The quantitative estimate of drug-likeness (QED) is 0.656. The number of benzene rings is 1. The number of hydrogen-bond acceptors (Lipinski definition) is 4. The van der Waals surface area contributed by atoms with Gasteiger partial charge in [0.05, 0.1) is 0 Å². The van der Waals surface area contributed by atoms with E-state index in [4.69, 9.17) is 9.94 Å². The molecule has 3 unspecified atom stereocenters. The van der Waals surface area contributed by atoms with Crippen molar-refractivity contribution in [2.24, 2.45) is 23.2 Å². The lowest BCUT2D eigenvalue weighted by Gasteiger charge is -2.55. The van der Waals surface area contributed by atoms with Crippen LogP contribution in [0.1, 0.15) is 50.2 Å². The lowest BCUT2D eigenvalue weighted by Crippen LogP contribution is -2.99. The third kappa shape index (κ3) is 2.26. The number of quaternary nitrogens is 1. The molecule has 1 aromatic rings. The standard InChI is InChI=1S/C19H23NO4/c21-18(19-8-11-5-12(9-19)7-13(6-11)10-19)17-16(24-17)14-1-3-15(4-2-14)20(22)23/h1-4,11-13,16-17,20,22H,5-10H2. The Labute approximate surface area is 141 Å². The van der Waals surface area contributed by atoms with Crippen LogP contribution in [0.4, 0.5) is 5.69 Å². The van der Waals surface area contributed by atoms with Crippen molar-refractivity contribution in [3.05, 3.63) is 35.0 Å². The predicted molar refractivity (Wildman–Crippen MR) is 85.4 cm³/mol. The maximum atomic E-state index is 13.2. The summed E-state index contributed by atoms with van der Waals surface area (Å²) in [7, 11) is 0. The fourth-order valence-corrected chi connectivity index (χ4v) is 6.09. The van der Waals surface area contributed by atoms with E-state index in [-0.39, 0.29) is 23.3 Å². The Bertz CT molecular complexity index is 633. The van der Waals surface area contributed by atoms with Crippen molar-refractivity contribution in [1.29, 1.82) is 0 Å². The zero-order chi connectivity index (χ0) is 16.5. The van der Waals surface area contributed by atoms with Crippen LogP contribution in [-0.2, 0) is 9.53 Å². The fourth-order valence-electron chi connectivity index (χ4n) is 6.09. The van der Waals surface area contributed by atoms with Crippen LogP contribution >= 0.6 is 0 Å². The van der Waals surface area contributed by atoms with Gasteiger partial charge in [-0.05, 0) is 61.8 Å². The number of carbonyl (C=O) groups excluding carboxylic acids is 1. The topological polar surface area (TPSA) is 77.3 Å². The molecule has 0 radical (unpaired) electrons. The minimum atomic E-state index is -0.931. The highest BCUT2D eigenvalue weighted by Gasteiger charge is 2.60. The first kappa shape index (κ1) is 15.0. The molecule has 3 atom stereocenters. The molecule has 1 aliphatic heterocycles. The summed E-state index contributed by atoms with van der Waals surface area (Å²) in [5.74, 6) is 2.60. The molecule has 24 heavy (non-hydrogen) atoms. The first-order valence-corrected chi connectivity index (χ1v) is 9.07.